The molecule has 0 unspecified atom stereocenters. The van der Waals surface area contributed by atoms with Gasteiger partial charge in [-0.05, 0) is 25.0 Å². The van der Waals surface area contributed by atoms with Gasteiger partial charge in [-0.3, -0.25) is 0 Å². The molecular weight excluding hydrogens is 224 g/mol. The molecule has 0 saturated heterocycles. The Bertz CT molecular complexity index is 511. The summed E-state index contributed by atoms with van der Waals surface area (Å²) in [5.41, 5.74) is 1.33. The van der Waals surface area contributed by atoms with E-state index in [9.17, 15) is 0 Å². The zero-order chi connectivity index (χ0) is 12.4. The van der Waals surface area contributed by atoms with Gasteiger partial charge >= 0.3 is 0 Å². The van der Waals surface area contributed by atoms with Gasteiger partial charge in [-0.15, -0.1) is 0 Å². The summed E-state index contributed by atoms with van der Waals surface area (Å²) in [5, 5.41) is 3.55. The highest BCUT2D eigenvalue weighted by molar-refractivity contribution is 5.07. The Morgan fingerprint density at radius 3 is 3.22 bits per heavy atom. The first kappa shape index (κ1) is 11.5. The third kappa shape index (κ3) is 2.20. The van der Waals surface area contributed by atoms with Crippen molar-refractivity contribution >= 4 is 0 Å². The van der Waals surface area contributed by atoms with E-state index >= 15 is 0 Å². The fourth-order valence-electron chi connectivity index (χ4n) is 2.75. The molecule has 18 heavy (non-hydrogen) atoms. The number of imidazole rings is 1. The first-order valence-corrected chi connectivity index (χ1v) is 6.66. The van der Waals surface area contributed by atoms with Gasteiger partial charge in [-0.25, -0.2) is 4.98 Å². The van der Waals surface area contributed by atoms with Gasteiger partial charge in [0, 0.05) is 56.9 Å². The molecule has 3 rings (SSSR count). The summed E-state index contributed by atoms with van der Waals surface area (Å²) in [6.07, 6.45) is 8.62. The lowest BCUT2D eigenvalue weighted by Gasteiger charge is -2.23. The molecule has 3 heterocycles. The number of aromatic nitrogens is 3. The number of hydrogen-bond donors (Lipinski definition) is 1. The zero-order valence-electron chi connectivity index (χ0n) is 10.8. The van der Waals surface area contributed by atoms with Crippen molar-refractivity contribution in [1.82, 2.24) is 19.4 Å². The van der Waals surface area contributed by atoms with Crippen LogP contribution in [0.2, 0.25) is 0 Å². The summed E-state index contributed by atoms with van der Waals surface area (Å²) in [6, 6.07) is 4.25. The number of aryl methyl sites for hydroxylation is 2. The molecule has 0 radical (unpaired) electrons. The Kier molecular flexibility index (Phi) is 3.19. The third-order valence-corrected chi connectivity index (χ3v) is 3.81. The SMILES string of the molecule is Cn1cccc1CNC[C@@H]1CCCn2ccnc21. The predicted molar refractivity (Wildman–Crippen MR) is 71.3 cm³/mol. The summed E-state index contributed by atoms with van der Waals surface area (Å²) < 4.78 is 4.45. The molecule has 0 amide bonds. The molecule has 0 spiro atoms. The maximum absolute atomic E-state index is 4.49. The maximum atomic E-state index is 4.49. The topological polar surface area (TPSA) is 34.8 Å². The Labute approximate surface area is 108 Å². The largest absolute Gasteiger partial charge is 0.353 e. The molecule has 4 nitrogen and oxygen atoms in total. The molecule has 0 aliphatic carbocycles. The van der Waals surface area contributed by atoms with Crippen LogP contribution in [0, 0.1) is 0 Å². The first-order valence-electron chi connectivity index (χ1n) is 6.66. The van der Waals surface area contributed by atoms with Crippen LogP contribution in [0.3, 0.4) is 0 Å². The average molecular weight is 244 g/mol. The standard InChI is InChI=1S/C14H20N4/c1-17-7-3-5-13(17)11-15-10-12-4-2-8-18-9-6-16-14(12)18/h3,5-7,9,12,15H,2,4,8,10-11H2,1H3/t12-/m0/s1. The summed E-state index contributed by atoms with van der Waals surface area (Å²) >= 11 is 0. The molecule has 1 aliphatic heterocycles. The number of nitrogens with one attached hydrogen (secondary N) is 1. The van der Waals surface area contributed by atoms with Crippen molar-refractivity contribution in [1.29, 1.82) is 0 Å². The van der Waals surface area contributed by atoms with E-state index < -0.39 is 0 Å². The van der Waals surface area contributed by atoms with Crippen LogP contribution in [-0.4, -0.2) is 20.7 Å². The number of nitrogens with zero attached hydrogens (tertiary/aromatic N) is 3. The van der Waals surface area contributed by atoms with Crippen molar-refractivity contribution in [2.75, 3.05) is 6.54 Å². The molecule has 0 bridgehead atoms. The van der Waals surface area contributed by atoms with Crippen LogP contribution >= 0.6 is 0 Å². The quantitative estimate of drug-likeness (QED) is 0.891. The molecule has 1 aliphatic rings. The minimum atomic E-state index is 0.564. The Hall–Kier alpha value is -1.55. The predicted octanol–water partition coefficient (Wildman–Crippen LogP) is 1.89. The highest BCUT2D eigenvalue weighted by Gasteiger charge is 2.20. The van der Waals surface area contributed by atoms with Crippen LogP contribution in [-0.2, 0) is 20.1 Å². The second kappa shape index (κ2) is 4.98. The van der Waals surface area contributed by atoms with Crippen molar-refractivity contribution < 1.29 is 0 Å². The van der Waals surface area contributed by atoms with Gasteiger partial charge in [0.25, 0.3) is 0 Å². The van der Waals surface area contributed by atoms with Gasteiger partial charge in [0.05, 0.1) is 0 Å². The molecule has 2 aromatic rings. The lowest BCUT2D eigenvalue weighted by atomic mass is 9.99. The Morgan fingerprint density at radius 1 is 1.44 bits per heavy atom. The average Bonchev–Trinajstić information content (AvgIpc) is 2.99. The van der Waals surface area contributed by atoms with E-state index in [4.69, 9.17) is 0 Å². The van der Waals surface area contributed by atoms with Crippen molar-refractivity contribution in [3.8, 4) is 0 Å². The molecular formula is C14H20N4. The van der Waals surface area contributed by atoms with Crippen LogP contribution in [0.25, 0.3) is 0 Å². The molecule has 96 valence electrons. The lowest BCUT2D eigenvalue weighted by molar-refractivity contribution is 0.421. The van der Waals surface area contributed by atoms with E-state index in [1.807, 2.05) is 6.20 Å². The van der Waals surface area contributed by atoms with E-state index in [1.54, 1.807) is 0 Å². The van der Waals surface area contributed by atoms with Gasteiger partial charge in [0.2, 0.25) is 0 Å². The monoisotopic (exact) mass is 244 g/mol. The van der Waals surface area contributed by atoms with Gasteiger partial charge in [-0.2, -0.15) is 0 Å². The Balaban J connectivity index is 1.57. The van der Waals surface area contributed by atoms with Gasteiger partial charge in [-0.1, -0.05) is 0 Å². The van der Waals surface area contributed by atoms with Crippen LogP contribution in [0.5, 0.6) is 0 Å². The zero-order valence-corrected chi connectivity index (χ0v) is 10.8. The van der Waals surface area contributed by atoms with Gasteiger partial charge in [0.1, 0.15) is 5.82 Å². The minimum Gasteiger partial charge on any atom is -0.353 e. The van der Waals surface area contributed by atoms with Crippen LogP contribution in [0.4, 0.5) is 0 Å². The first-order chi connectivity index (χ1) is 8.84. The minimum absolute atomic E-state index is 0.564. The summed E-state index contributed by atoms with van der Waals surface area (Å²) in [6.45, 7) is 3.08. The van der Waals surface area contributed by atoms with Crippen LogP contribution in [0.15, 0.2) is 30.7 Å². The van der Waals surface area contributed by atoms with E-state index in [-0.39, 0.29) is 0 Å². The second-order valence-corrected chi connectivity index (χ2v) is 5.06. The maximum Gasteiger partial charge on any atom is 0.113 e. The fourth-order valence-corrected chi connectivity index (χ4v) is 2.75. The molecule has 1 atom stereocenters. The van der Waals surface area contributed by atoms with Gasteiger partial charge in [0.15, 0.2) is 0 Å². The second-order valence-electron chi connectivity index (χ2n) is 5.06. The summed E-state index contributed by atoms with van der Waals surface area (Å²) in [4.78, 5) is 4.49. The molecule has 0 aromatic carbocycles. The normalized spacial score (nSPS) is 18.8. The van der Waals surface area contributed by atoms with Crippen molar-refractivity contribution in [3.05, 3.63) is 42.2 Å². The van der Waals surface area contributed by atoms with E-state index in [1.165, 1.54) is 24.4 Å². The number of rotatable bonds is 4. The van der Waals surface area contributed by atoms with Crippen molar-refractivity contribution in [2.45, 2.75) is 31.8 Å². The molecule has 4 heteroatoms. The van der Waals surface area contributed by atoms with Crippen LogP contribution < -0.4 is 5.32 Å². The van der Waals surface area contributed by atoms with E-state index in [0.29, 0.717) is 5.92 Å². The van der Waals surface area contributed by atoms with Gasteiger partial charge < -0.3 is 14.5 Å². The van der Waals surface area contributed by atoms with Crippen molar-refractivity contribution in [2.24, 2.45) is 7.05 Å². The van der Waals surface area contributed by atoms with E-state index in [0.717, 1.165) is 19.6 Å². The smallest absolute Gasteiger partial charge is 0.113 e. The van der Waals surface area contributed by atoms with Crippen molar-refractivity contribution in [3.63, 3.8) is 0 Å². The van der Waals surface area contributed by atoms with Crippen LogP contribution in [0.1, 0.15) is 30.3 Å². The lowest BCUT2D eigenvalue weighted by Crippen LogP contribution is -2.27. The Morgan fingerprint density at radius 2 is 2.39 bits per heavy atom. The molecule has 0 saturated carbocycles. The molecule has 2 aromatic heterocycles. The highest BCUT2D eigenvalue weighted by atomic mass is 15.1. The van der Waals surface area contributed by atoms with E-state index in [2.05, 4.69) is 51.0 Å². The summed E-state index contributed by atoms with van der Waals surface area (Å²) in [5.74, 6) is 1.81. The summed E-state index contributed by atoms with van der Waals surface area (Å²) in [7, 11) is 2.09. The number of hydrogen-bond acceptors (Lipinski definition) is 2. The highest BCUT2D eigenvalue weighted by Crippen LogP contribution is 2.24. The molecule has 0 fully saturated rings. The number of fused-ring (bicyclic) bond motifs is 1. The fraction of sp³-hybridized carbons (Fsp3) is 0.500. The molecule has 1 N–H and O–H groups in total. The third-order valence-electron chi connectivity index (χ3n) is 3.81.